The lowest BCUT2D eigenvalue weighted by Crippen LogP contribution is -2.40. The van der Waals surface area contributed by atoms with Gasteiger partial charge in [-0.2, -0.15) is 0 Å². The summed E-state index contributed by atoms with van der Waals surface area (Å²) in [7, 11) is 0. The zero-order valence-corrected chi connectivity index (χ0v) is 13.3. The van der Waals surface area contributed by atoms with Crippen LogP contribution in [-0.2, 0) is 11.3 Å². The van der Waals surface area contributed by atoms with Gasteiger partial charge in [-0.25, -0.2) is 0 Å². The molecule has 0 fully saturated rings. The molecule has 0 bridgehead atoms. The molecule has 0 unspecified atom stereocenters. The van der Waals surface area contributed by atoms with Crippen molar-refractivity contribution in [3.63, 3.8) is 0 Å². The van der Waals surface area contributed by atoms with E-state index < -0.39 is 0 Å². The van der Waals surface area contributed by atoms with Gasteiger partial charge in [-0.3, -0.25) is 9.69 Å². The minimum absolute atomic E-state index is 0.120. The molecule has 0 aliphatic heterocycles. The highest BCUT2D eigenvalue weighted by Crippen LogP contribution is 2.07. The van der Waals surface area contributed by atoms with Gasteiger partial charge in [0.05, 0.1) is 13.1 Å². The highest BCUT2D eigenvalue weighted by atomic mass is 32.1. The van der Waals surface area contributed by atoms with Crippen LogP contribution in [0.1, 0.15) is 32.6 Å². The molecular formula is C15H26N2OS. The summed E-state index contributed by atoms with van der Waals surface area (Å²) in [6.45, 7) is 11.9. The molecule has 108 valence electrons. The van der Waals surface area contributed by atoms with E-state index in [0.717, 1.165) is 13.1 Å². The van der Waals surface area contributed by atoms with Crippen LogP contribution in [-0.4, -0.2) is 30.4 Å². The molecule has 0 radical (unpaired) electrons. The minimum atomic E-state index is 0.120. The molecule has 1 amide bonds. The van der Waals surface area contributed by atoms with Gasteiger partial charge in [-0.1, -0.05) is 33.8 Å². The molecule has 1 rings (SSSR count). The van der Waals surface area contributed by atoms with E-state index in [9.17, 15) is 4.79 Å². The third kappa shape index (κ3) is 7.33. The van der Waals surface area contributed by atoms with E-state index in [1.165, 1.54) is 4.88 Å². The molecule has 1 aromatic rings. The van der Waals surface area contributed by atoms with E-state index in [-0.39, 0.29) is 5.91 Å². The molecule has 0 spiro atoms. The maximum atomic E-state index is 12.0. The highest BCUT2D eigenvalue weighted by Gasteiger charge is 2.13. The molecule has 0 saturated carbocycles. The molecule has 0 atom stereocenters. The second-order valence-corrected chi connectivity index (χ2v) is 6.87. The predicted octanol–water partition coefficient (Wildman–Crippen LogP) is 2.98. The van der Waals surface area contributed by atoms with Crippen molar-refractivity contribution in [2.75, 3.05) is 19.6 Å². The number of hydrogen-bond acceptors (Lipinski definition) is 3. The molecule has 4 heteroatoms. The molecule has 0 saturated heterocycles. The standard InChI is InChI=1S/C15H26N2OS/c1-12(2)9-17(10-13(3)4)11-15(18)16-8-14-6-5-7-19-14/h5-7,12-13H,8-11H2,1-4H3,(H,16,18). The van der Waals surface area contributed by atoms with Crippen molar-refractivity contribution < 1.29 is 4.79 Å². The Hall–Kier alpha value is -0.870. The van der Waals surface area contributed by atoms with Crippen LogP contribution >= 0.6 is 11.3 Å². The first-order chi connectivity index (χ1) is 8.97. The third-order valence-electron chi connectivity index (χ3n) is 2.65. The summed E-state index contributed by atoms with van der Waals surface area (Å²) in [6, 6.07) is 4.06. The summed E-state index contributed by atoms with van der Waals surface area (Å²) in [5.74, 6) is 1.29. The highest BCUT2D eigenvalue weighted by molar-refractivity contribution is 7.09. The molecule has 0 aliphatic rings. The van der Waals surface area contributed by atoms with E-state index >= 15 is 0 Å². The number of nitrogens with zero attached hydrogens (tertiary/aromatic N) is 1. The molecule has 1 heterocycles. The van der Waals surface area contributed by atoms with Gasteiger partial charge in [-0.05, 0) is 23.3 Å². The van der Waals surface area contributed by atoms with E-state index in [2.05, 4.69) is 37.9 Å². The van der Waals surface area contributed by atoms with Gasteiger partial charge in [-0.15, -0.1) is 11.3 Å². The quantitative estimate of drug-likeness (QED) is 0.795. The van der Waals surface area contributed by atoms with Crippen molar-refractivity contribution in [1.29, 1.82) is 0 Å². The predicted molar refractivity (Wildman–Crippen MR) is 82.3 cm³/mol. The van der Waals surface area contributed by atoms with E-state index in [4.69, 9.17) is 0 Å². The Kier molecular flexibility index (Phi) is 7.10. The van der Waals surface area contributed by atoms with Gasteiger partial charge in [0.2, 0.25) is 5.91 Å². The molecule has 0 aromatic carbocycles. The average Bonchev–Trinajstić information content (AvgIpc) is 2.77. The molecule has 3 nitrogen and oxygen atoms in total. The summed E-state index contributed by atoms with van der Waals surface area (Å²) in [5.41, 5.74) is 0. The van der Waals surface area contributed by atoms with Crippen LogP contribution < -0.4 is 5.32 Å². The van der Waals surface area contributed by atoms with Gasteiger partial charge in [0.25, 0.3) is 0 Å². The molecular weight excluding hydrogens is 256 g/mol. The first kappa shape index (κ1) is 16.2. The number of carbonyl (C=O) groups excluding carboxylic acids is 1. The topological polar surface area (TPSA) is 32.3 Å². The largest absolute Gasteiger partial charge is 0.350 e. The fourth-order valence-corrected chi connectivity index (χ4v) is 2.74. The van der Waals surface area contributed by atoms with Crippen molar-refractivity contribution in [2.45, 2.75) is 34.2 Å². The lowest BCUT2D eigenvalue weighted by Gasteiger charge is -2.25. The van der Waals surface area contributed by atoms with Gasteiger partial charge in [0, 0.05) is 18.0 Å². The van der Waals surface area contributed by atoms with Gasteiger partial charge < -0.3 is 5.32 Å². The molecule has 19 heavy (non-hydrogen) atoms. The van der Waals surface area contributed by atoms with E-state index in [1.54, 1.807) is 11.3 Å². The molecule has 1 N–H and O–H groups in total. The van der Waals surface area contributed by atoms with Crippen LogP contribution in [0.2, 0.25) is 0 Å². The summed E-state index contributed by atoms with van der Waals surface area (Å²) in [6.07, 6.45) is 0. The average molecular weight is 282 g/mol. The van der Waals surface area contributed by atoms with Crippen molar-refractivity contribution in [1.82, 2.24) is 10.2 Å². The monoisotopic (exact) mass is 282 g/mol. The lowest BCUT2D eigenvalue weighted by atomic mass is 10.1. The second kappa shape index (κ2) is 8.33. The maximum absolute atomic E-state index is 12.0. The number of amides is 1. The Morgan fingerprint density at radius 1 is 1.26 bits per heavy atom. The van der Waals surface area contributed by atoms with Gasteiger partial charge in [0.1, 0.15) is 0 Å². The Morgan fingerprint density at radius 2 is 1.89 bits per heavy atom. The SMILES string of the molecule is CC(C)CN(CC(=O)NCc1cccs1)CC(C)C. The number of carbonyl (C=O) groups is 1. The van der Waals surface area contributed by atoms with E-state index in [0.29, 0.717) is 24.9 Å². The van der Waals surface area contributed by atoms with Crippen molar-refractivity contribution in [3.05, 3.63) is 22.4 Å². The Balaban J connectivity index is 2.37. The van der Waals surface area contributed by atoms with Crippen molar-refractivity contribution in [3.8, 4) is 0 Å². The van der Waals surface area contributed by atoms with Gasteiger partial charge in [0.15, 0.2) is 0 Å². The Labute approximate surface area is 121 Å². The third-order valence-corrected chi connectivity index (χ3v) is 3.53. The molecule has 0 aliphatic carbocycles. The number of rotatable bonds is 8. The molecule has 1 aromatic heterocycles. The van der Waals surface area contributed by atoms with Crippen LogP contribution in [0.25, 0.3) is 0 Å². The summed E-state index contributed by atoms with van der Waals surface area (Å²) >= 11 is 1.68. The Bertz CT molecular complexity index is 350. The van der Waals surface area contributed by atoms with Crippen LogP contribution in [0.15, 0.2) is 17.5 Å². The maximum Gasteiger partial charge on any atom is 0.234 e. The van der Waals surface area contributed by atoms with Crippen LogP contribution in [0.5, 0.6) is 0 Å². The van der Waals surface area contributed by atoms with Crippen LogP contribution in [0.3, 0.4) is 0 Å². The smallest absolute Gasteiger partial charge is 0.234 e. The van der Waals surface area contributed by atoms with Crippen molar-refractivity contribution >= 4 is 17.2 Å². The zero-order chi connectivity index (χ0) is 14.3. The van der Waals surface area contributed by atoms with Gasteiger partial charge >= 0.3 is 0 Å². The van der Waals surface area contributed by atoms with Crippen LogP contribution in [0, 0.1) is 11.8 Å². The van der Waals surface area contributed by atoms with Crippen molar-refractivity contribution in [2.24, 2.45) is 11.8 Å². The lowest BCUT2D eigenvalue weighted by molar-refractivity contribution is -0.122. The second-order valence-electron chi connectivity index (χ2n) is 5.84. The normalized spacial score (nSPS) is 11.5. The summed E-state index contributed by atoms with van der Waals surface area (Å²) in [4.78, 5) is 15.4. The zero-order valence-electron chi connectivity index (χ0n) is 12.5. The minimum Gasteiger partial charge on any atom is -0.350 e. The fraction of sp³-hybridized carbons (Fsp3) is 0.667. The summed E-state index contributed by atoms with van der Waals surface area (Å²) in [5, 5.41) is 5.02. The Morgan fingerprint density at radius 3 is 2.37 bits per heavy atom. The van der Waals surface area contributed by atoms with Crippen LogP contribution in [0.4, 0.5) is 0 Å². The van der Waals surface area contributed by atoms with E-state index in [1.807, 2.05) is 17.5 Å². The number of nitrogens with one attached hydrogen (secondary N) is 1. The number of hydrogen-bond donors (Lipinski definition) is 1. The fourth-order valence-electron chi connectivity index (χ4n) is 2.09. The first-order valence-electron chi connectivity index (χ1n) is 6.98. The summed E-state index contributed by atoms with van der Waals surface area (Å²) < 4.78 is 0. The first-order valence-corrected chi connectivity index (χ1v) is 7.86. The number of thiophene rings is 1.